The van der Waals surface area contributed by atoms with E-state index in [1.165, 1.54) is 116 Å². The molecule has 4 fully saturated rings. The average Bonchev–Trinajstić information content (AvgIpc) is 3.66. The van der Waals surface area contributed by atoms with Crippen LogP contribution < -0.4 is 5.32 Å². The lowest BCUT2D eigenvalue weighted by atomic mass is 9.47. The van der Waals surface area contributed by atoms with Gasteiger partial charge in [0.2, 0.25) is 0 Å². The van der Waals surface area contributed by atoms with Crippen molar-refractivity contribution in [3.8, 4) is 0 Å². The van der Waals surface area contributed by atoms with Crippen LogP contribution in [0.25, 0.3) is 0 Å². The summed E-state index contributed by atoms with van der Waals surface area (Å²) in [5.41, 5.74) is 2.34. The molecular formula is C57H100N2O6. The van der Waals surface area contributed by atoms with E-state index in [-0.39, 0.29) is 23.7 Å². The number of fused-ring (bicyclic) bond motifs is 5. The van der Waals surface area contributed by atoms with Crippen molar-refractivity contribution in [3.05, 3.63) is 36.0 Å². The lowest BCUT2D eigenvalue weighted by molar-refractivity contribution is -0.0622. The van der Waals surface area contributed by atoms with Gasteiger partial charge in [0.1, 0.15) is 6.10 Å². The van der Waals surface area contributed by atoms with E-state index in [2.05, 4.69) is 82.1 Å². The second-order valence-electron chi connectivity index (χ2n) is 22.2. The first-order valence-corrected chi connectivity index (χ1v) is 27.6. The summed E-state index contributed by atoms with van der Waals surface area (Å²) in [7, 11) is 0. The number of allylic oxidation sites excluding steroid dienone is 5. The first-order valence-electron chi connectivity index (χ1n) is 27.6. The number of hydrogen-bond donors (Lipinski definition) is 1. The van der Waals surface area contributed by atoms with Gasteiger partial charge in [0.15, 0.2) is 0 Å². The summed E-state index contributed by atoms with van der Waals surface area (Å²) >= 11 is 0. The van der Waals surface area contributed by atoms with Crippen molar-refractivity contribution < 1.29 is 28.5 Å². The Morgan fingerprint density at radius 3 is 2.34 bits per heavy atom. The zero-order chi connectivity index (χ0) is 46.2. The molecule has 1 heterocycles. The van der Waals surface area contributed by atoms with Crippen LogP contribution in [0.15, 0.2) is 36.0 Å². The third-order valence-electron chi connectivity index (χ3n) is 17.0. The van der Waals surface area contributed by atoms with Gasteiger partial charge >= 0.3 is 6.09 Å². The molecular weight excluding hydrogens is 809 g/mol. The Bertz CT molecular complexity index is 1390. The second-order valence-corrected chi connectivity index (χ2v) is 22.2. The van der Waals surface area contributed by atoms with Crippen LogP contribution in [0.2, 0.25) is 0 Å². The van der Waals surface area contributed by atoms with Crippen molar-refractivity contribution in [2.75, 3.05) is 72.4 Å². The van der Waals surface area contributed by atoms with Crippen LogP contribution in [0.5, 0.6) is 0 Å². The number of hydrogen-bond acceptors (Lipinski definition) is 7. The smallest absolute Gasteiger partial charge is 0.407 e. The van der Waals surface area contributed by atoms with Crippen LogP contribution in [0.1, 0.15) is 189 Å². The van der Waals surface area contributed by atoms with Crippen molar-refractivity contribution in [2.45, 2.75) is 201 Å². The Hall–Kier alpha value is -1.71. The standard InChI is InChI=1S/C57H100N2O6/c1-7-8-9-10-11-12-13-14-15-16-17-18-19-20-21-22-37-63-45-50(44-59-35-39-62-40-36-59)64-42-41-61-38-34-58-55(60)65-49-30-32-56(5)48(43-49)26-27-51-53-29-28-52(47(4)25-23-24-46(2)3)57(53,6)33-31-54(51)56/h11-12,14-15,26,46-47,49-54H,7-10,13,16-25,27-45H2,1-6H3,(H,58,60)/b12-11-,15-14-/t47-,49+,50?,51+,52-,53+,54+,56+,57-/m1/s1. The van der Waals surface area contributed by atoms with Gasteiger partial charge in [0.25, 0.3) is 0 Å². The molecule has 5 aliphatic rings. The van der Waals surface area contributed by atoms with E-state index in [1.807, 2.05) is 0 Å². The summed E-state index contributed by atoms with van der Waals surface area (Å²) in [4.78, 5) is 15.3. The maximum atomic E-state index is 12.9. The van der Waals surface area contributed by atoms with E-state index >= 15 is 0 Å². The number of ether oxygens (including phenoxy) is 5. The van der Waals surface area contributed by atoms with Gasteiger partial charge in [-0.1, -0.05) is 135 Å². The van der Waals surface area contributed by atoms with Crippen LogP contribution in [0.3, 0.4) is 0 Å². The minimum Gasteiger partial charge on any atom is -0.446 e. The summed E-state index contributed by atoms with van der Waals surface area (Å²) in [5, 5.41) is 2.96. The minimum absolute atomic E-state index is 0.00313. The minimum atomic E-state index is -0.316. The third kappa shape index (κ3) is 18.0. The zero-order valence-corrected chi connectivity index (χ0v) is 42.9. The average molecular weight is 909 g/mol. The Labute approximate surface area is 399 Å². The predicted octanol–water partition coefficient (Wildman–Crippen LogP) is 13.7. The lowest BCUT2D eigenvalue weighted by Gasteiger charge is -2.58. The molecule has 4 aliphatic carbocycles. The summed E-state index contributed by atoms with van der Waals surface area (Å²) in [6.07, 6.45) is 40.6. The van der Waals surface area contributed by atoms with Crippen molar-refractivity contribution in [1.29, 1.82) is 0 Å². The number of carbonyl (C=O) groups excluding carboxylic acids is 1. The maximum absolute atomic E-state index is 12.9. The third-order valence-corrected chi connectivity index (χ3v) is 17.0. The molecule has 3 saturated carbocycles. The topological polar surface area (TPSA) is 78.5 Å². The van der Waals surface area contributed by atoms with Crippen molar-refractivity contribution in [3.63, 3.8) is 0 Å². The first-order chi connectivity index (χ1) is 31.6. The van der Waals surface area contributed by atoms with E-state index in [4.69, 9.17) is 23.7 Å². The fourth-order valence-electron chi connectivity index (χ4n) is 13.2. The molecule has 0 bridgehead atoms. The summed E-state index contributed by atoms with van der Waals surface area (Å²) in [6.45, 7) is 22.3. The SMILES string of the molecule is CCCCC/C=C\C/C=C\CCCCCCCCOCC(CN1CCOCC1)OCCOCCNC(=O)O[C@H]1CC[C@@]2(C)C(=CC[C@H]3[C@@H]4CC[C@H]([C@H](C)CCCC(C)C)[C@@]4(C)CC[C@@H]32)C1. The van der Waals surface area contributed by atoms with Crippen molar-refractivity contribution in [1.82, 2.24) is 10.2 Å². The Morgan fingerprint density at radius 2 is 1.57 bits per heavy atom. The van der Waals surface area contributed by atoms with Gasteiger partial charge < -0.3 is 29.0 Å². The van der Waals surface area contributed by atoms with Gasteiger partial charge in [0.05, 0.1) is 45.7 Å². The zero-order valence-electron chi connectivity index (χ0n) is 42.9. The molecule has 0 radical (unpaired) electrons. The number of rotatable bonds is 32. The van der Waals surface area contributed by atoms with Crippen LogP contribution in [-0.4, -0.2) is 95.6 Å². The summed E-state index contributed by atoms with van der Waals surface area (Å²) < 4.78 is 29.9. The second kappa shape index (κ2) is 30.0. The van der Waals surface area contributed by atoms with Crippen LogP contribution in [-0.2, 0) is 23.7 Å². The Morgan fingerprint density at radius 1 is 0.815 bits per heavy atom. The first kappa shape index (κ1) is 54.2. The number of morpholine rings is 1. The molecule has 0 spiro atoms. The van der Waals surface area contributed by atoms with E-state index in [0.717, 1.165) is 107 Å². The molecule has 1 saturated heterocycles. The van der Waals surface area contributed by atoms with Crippen molar-refractivity contribution in [2.24, 2.45) is 46.3 Å². The van der Waals surface area contributed by atoms with E-state index < -0.39 is 0 Å². The molecule has 374 valence electrons. The van der Waals surface area contributed by atoms with E-state index in [9.17, 15) is 4.79 Å². The molecule has 0 aromatic rings. The highest BCUT2D eigenvalue weighted by Gasteiger charge is 2.59. The largest absolute Gasteiger partial charge is 0.446 e. The fourth-order valence-corrected chi connectivity index (χ4v) is 13.2. The normalized spacial score (nSPS) is 29.2. The molecule has 1 unspecified atom stereocenters. The van der Waals surface area contributed by atoms with Crippen LogP contribution >= 0.6 is 0 Å². The molecule has 5 rings (SSSR count). The molecule has 0 aromatic heterocycles. The van der Waals surface area contributed by atoms with E-state index in [1.54, 1.807) is 5.57 Å². The maximum Gasteiger partial charge on any atom is 0.407 e. The van der Waals surface area contributed by atoms with Gasteiger partial charge in [-0.05, 0) is 130 Å². The Kier molecular flexibility index (Phi) is 25.0. The highest BCUT2D eigenvalue weighted by atomic mass is 16.6. The van der Waals surface area contributed by atoms with Crippen molar-refractivity contribution >= 4 is 6.09 Å². The highest BCUT2D eigenvalue weighted by molar-refractivity contribution is 5.67. The number of unbranched alkanes of at least 4 members (excludes halogenated alkanes) is 9. The molecule has 8 nitrogen and oxygen atoms in total. The molecule has 1 N–H and O–H groups in total. The number of carbonyl (C=O) groups is 1. The fraction of sp³-hybridized carbons (Fsp3) is 0.877. The molecule has 9 atom stereocenters. The summed E-state index contributed by atoms with van der Waals surface area (Å²) in [6, 6.07) is 0. The lowest BCUT2D eigenvalue weighted by Crippen LogP contribution is -2.51. The van der Waals surface area contributed by atoms with Gasteiger partial charge in [-0.15, -0.1) is 0 Å². The predicted molar refractivity (Wildman–Crippen MR) is 269 cm³/mol. The molecule has 8 heteroatoms. The van der Waals surface area contributed by atoms with Crippen LogP contribution in [0, 0.1) is 46.3 Å². The number of alkyl carbamates (subject to hydrolysis) is 1. The molecule has 0 aromatic carbocycles. The highest BCUT2D eigenvalue weighted by Crippen LogP contribution is 2.67. The number of nitrogens with zero attached hydrogens (tertiary/aromatic N) is 1. The van der Waals surface area contributed by atoms with Crippen LogP contribution in [0.4, 0.5) is 4.79 Å². The van der Waals surface area contributed by atoms with Gasteiger partial charge in [0, 0.05) is 39.2 Å². The molecule has 65 heavy (non-hydrogen) atoms. The van der Waals surface area contributed by atoms with Gasteiger partial charge in [-0.2, -0.15) is 0 Å². The Balaban J connectivity index is 0.903. The molecule has 1 aliphatic heterocycles. The molecule has 1 amide bonds. The van der Waals surface area contributed by atoms with Gasteiger partial charge in [-0.3, -0.25) is 4.90 Å². The van der Waals surface area contributed by atoms with Gasteiger partial charge in [-0.25, -0.2) is 4.79 Å². The quantitative estimate of drug-likeness (QED) is 0.0532. The van der Waals surface area contributed by atoms with E-state index in [0.29, 0.717) is 38.4 Å². The summed E-state index contributed by atoms with van der Waals surface area (Å²) in [5.74, 6) is 5.02. The number of amides is 1. The number of nitrogens with one attached hydrogen (secondary N) is 1. The monoisotopic (exact) mass is 909 g/mol.